The van der Waals surface area contributed by atoms with Crippen LogP contribution in [0.25, 0.3) is 10.8 Å². The number of hydrogen-bond acceptors (Lipinski definition) is 3. The second kappa shape index (κ2) is 12.4. The SMILES string of the molecule is OC(CNCCCCCCOCCc1cccc2ccccc12)c1ccccc1. The number of ether oxygens (including phenoxy) is 1. The van der Waals surface area contributed by atoms with Crippen LogP contribution in [0, 0.1) is 0 Å². The molecule has 0 saturated heterocycles. The molecule has 0 amide bonds. The first-order chi connectivity index (χ1) is 14.3. The first kappa shape index (κ1) is 21.5. The van der Waals surface area contributed by atoms with Gasteiger partial charge in [0.15, 0.2) is 0 Å². The predicted molar refractivity (Wildman–Crippen MR) is 121 cm³/mol. The van der Waals surface area contributed by atoms with Crippen molar-refractivity contribution in [1.29, 1.82) is 0 Å². The minimum Gasteiger partial charge on any atom is -0.387 e. The van der Waals surface area contributed by atoms with E-state index in [1.807, 2.05) is 30.3 Å². The van der Waals surface area contributed by atoms with Crippen LogP contribution in [0.3, 0.4) is 0 Å². The van der Waals surface area contributed by atoms with Crippen LogP contribution in [0.1, 0.15) is 42.9 Å². The molecule has 1 unspecified atom stereocenters. The summed E-state index contributed by atoms with van der Waals surface area (Å²) in [5, 5.41) is 16.1. The average Bonchev–Trinajstić information content (AvgIpc) is 2.78. The largest absolute Gasteiger partial charge is 0.387 e. The predicted octanol–water partition coefficient (Wildman–Crippen LogP) is 5.28. The van der Waals surface area contributed by atoms with E-state index in [1.165, 1.54) is 29.2 Å². The van der Waals surface area contributed by atoms with Crippen molar-refractivity contribution in [3.63, 3.8) is 0 Å². The van der Waals surface area contributed by atoms with Gasteiger partial charge in [0.1, 0.15) is 0 Å². The van der Waals surface area contributed by atoms with E-state index in [0.29, 0.717) is 6.54 Å². The van der Waals surface area contributed by atoms with Crippen molar-refractivity contribution in [2.24, 2.45) is 0 Å². The Morgan fingerprint density at radius 3 is 2.41 bits per heavy atom. The molecule has 3 heteroatoms. The number of nitrogens with one attached hydrogen (secondary N) is 1. The minimum absolute atomic E-state index is 0.425. The monoisotopic (exact) mass is 391 g/mol. The summed E-state index contributed by atoms with van der Waals surface area (Å²) >= 11 is 0. The highest BCUT2D eigenvalue weighted by atomic mass is 16.5. The summed E-state index contributed by atoms with van der Waals surface area (Å²) in [4.78, 5) is 0. The molecule has 0 spiro atoms. The Bertz CT molecular complexity index is 829. The molecule has 3 aromatic carbocycles. The van der Waals surface area contributed by atoms with Gasteiger partial charge in [-0.2, -0.15) is 0 Å². The van der Waals surface area contributed by atoms with Crippen LogP contribution in [0.4, 0.5) is 0 Å². The Balaban J connectivity index is 1.18. The van der Waals surface area contributed by atoms with E-state index in [-0.39, 0.29) is 0 Å². The van der Waals surface area contributed by atoms with E-state index < -0.39 is 6.10 Å². The van der Waals surface area contributed by atoms with E-state index in [0.717, 1.165) is 44.6 Å². The Morgan fingerprint density at radius 2 is 1.52 bits per heavy atom. The van der Waals surface area contributed by atoms with Crippen molar-refractivity contribution in [2.75, 3.05) is 26.3 Å². The molecule has 154 valence electrons. The van der Waals surface area contributed by atoms with Gasteiger partial charge in [-0.25, -0.2) is 0 Å². The third-order valence-corrected chi connectivity index (χ3v) is 5.31. The number of hydrogen-bond donors (Lipinski definition) is 2. The van der Waals surface area contributed by atoms with Crippen molar-refractivity contribution in [3.05, 3.63) is 83.9 Å². The van der Waals surface area contributed by atoms with Crippen LogP contribution >= 0.6 is 0 Å². The van der Waals surface area contributed by atoms with Crippen LogP contribution in [0.5, 0.6) is 0 Å². The van der Waals surface area contributed by atoms with Gasteiger partial charge < -0.3 is 15.2 Å². The number of unbranched alkanes of at least 4 members (excludes halogenated alkanes) is 3. The molecule has 0 aromatic heterocycles. The fourth-order valence-corrected chi connectivity index (χ4v) is 3.63. The highest BCUT2D eigenvalue weighted by molar-refractivity contribution is 5.85. The van der Waals surface area contributed by atoms with Crippen LogP contribution in [0.2, 0.25) is 0 Å². The maximum absolute atomic E-state index is 10.1. The topological polar surface area (TPSA) is 41.5 Å². The summed E-state index contributed by atoms with van der Waals surface area (Å²) in [6.07, 6.45) is 5.18. The lowest BCUT2D eigenvalue weighted by atomic mass is 10.0. The van der Waals surface area contributed by atoms with Crippen LogP contribution in [0.15, 0.2) is 72.8 Å². The van der Waals surface area contributed by atoms with E-state index in [1.54, 1.807) is 0 Å². The van der Waals surface area contributed by atoms with Crippen molar-refractivity contribution >= 4 is 10.8 Å². The van der Waals surface area contributed by atoms with Crippen molar-refractivity contribution in [2.45, 2.75) is 38.2 Å². The molecule has 0 aliphatic carbocycles. The molecule has 3 rings (SSSR count). The zero-order valence-corrected chi connectivity index (χ0v) is 17.2. The highest BCUT2D eigenvalue weighted by Gasteiger charge is 2.05. The number of aliphatic hydroxyl groups excluding tert-OH is 1. The Morgan fingerprint density at radius 1 is 0.759 bits per heavy atom. The van der Waals surface area contributed by atoms with Crippen molar-refractivity contribution in [1.82, 2.24) is 5.32 Å². The lowest BCUT2D eigenvalue weighted by molar-refractivity contribution is 0.133. The maximum atomic E-state index is 10.1. The third kappa shape index (κ3) is 7.28. The molecule has 0 saturated carbocycles. The van der Waals surface area contributed by atoms with E-state index in [2.05, 4.69) is 47.8 Å². The molecule has 3 nitrogen and oxygen atoms in total. The molecule has 2 N–H and O–H groups in total. The van der Waals surface area contributed by atoms with Gasteiger partial charge in [-0.15, -0.1) is 0 Å². The normalized spacial score (nSPS) is 12.3. The summed E-state index contributed by atoms with van der Waals surface area (Å²) in [5.41, 5.74) is 2.34. The van der Waals surface area contributed by atoms with Gasteiger partial charge in [-0.1, -0.05) is 85.6 Å². The summed E-state index contributed by atoms with van der Waals surface area (Å²) in [5.74, 6) is 0. The highest BCUT2D eigenvalue weighted by Crippen LogP contribution is 2.19. The maximum Gasteiger partial charge on any atom is 0.0914 e. The molecule has 3 aromatic rings. The van der Waals surface area contributed by atoms with Gasteiger partial charge in [0.25, 0.3) is 0 Å². The van der Waals surface area contributed by atoms with Crippen LogP contribution in [-0.4, -0.2) is 31.4 Å². The standard InChI is InChI=1S/C26H33NO2/c28-26(24-12-4-3-5-13-24)21-27-18-8-1-2-9-19-29-20-17-23-15-10-14-22-11-6-7-16-25(22)23/h3-7,10-16,26-28H,1-2,8-9,17-21H2. The van der Waals surface area contributed by atoms with E-state index in [9.17, 15) is 5.11 Å². The number of rotatable bonds is 13. The second-order valence-electron chi connectivity index (χ2n) is 7.55. The lowest BCUT2D eigenvalue weighted by Crippen LogP contribution is -2.22. The van der Waals surface area contributed by atoms with Crippen LogP contribution in [-0.2, 0) is 11.2 Å². The Kier molecular flexibility index (Phi) is 9.18. The molecule has 0 fully saturated rings. The van der Waals surface area contributed by atoms with Crippen LogP contribution < -0.4 is 5.32 Å². The van der Waals surface area contributed by atoms with Gasteiger partial charge in [0.2, 0.25) is 0 Å². The molecule has 29 heavy (non-hydrogen) atoms. The van der Waals surface area contributed by atoms with Gasteiger partial charge >= 0.3 is 0 Å². The lowest BCUT2D eigenvalue weighted by Gasteiger charge is -2.12. The van der Waals surface area contributed by atoms with E-state index >= 15 is 0 Å². The Hall–Kier alpha value is -2.20. The minimum atomic E-state index is -0.425. The van der Waals surface area contributed by atoms with Crippen molar-refractivity contribution in [3.8, 4) is 0 Å². The third-order valence-electron chi connectivity index (χ3n) is 5.31. The molecule has 0 bridgehead atoms. The van der Waals surface area contributed by atoms with Gasteiger partial charge in [-0.05, 0) is 47.7 Å². The van der Waals surface area contributed by atoms with Gasteiger partial charge in [-0.3, -0.25) is 0 Å². The first-order valence-electron chi connectivity index (χ1n) is 10.8. The molecule has 0 radical (unpaired) electrons. The number of fused-ring (bicyclic) bond motifs is 1. The summed E-state index contributed by atoms with van der Waals surface area (Å²) in [7, 11) is 0. The summed E-state index contributed by atoms with van der Waals surface area (Å²) < 4.78 is 5.85. The number of aliphatic hydroxyl groups is 1. The summed E-state index contributed by atoms with van der Waals surface area (Å²) in [6.45, 7) is 3.19. The van der Waals surface area contributed by atoms with Gasteiger partial charge in [0, 0.05) is 13.2 Å². The van der Waals surface area contributed by atoms with Crippen molar-refractivity contribution < 1.29 is 9.84 Å². The molecule has 0 aliphatic heterocycles. The zero-order chi connectivity index (χ0) is 20.2. The molecular weight excluding hydrogens is 358 g/mol. The fraction of sp³-hybridized carbons (Fsp3) is 0.385. The van der Waals surface area contributed by atoms with Gasteiger partial charge in [0.05, 0.1) is 12.7 Å². The molecule has 1 atom stereocenters. The quantitative estimate of drug-likeness (QED) is 0.389. The second-order valence-corrected chi connectivity index (χ2v) is 7.55. The van der Waals surface area contributed by atoms with E-state index in [4.69, 9.17) is 4.74 Å². The molecular formula is C26H33NO2. The Labute approximate surface area is 174 Å². The molecule has 0 heterocycles. The fourth-order valence-electron chi connectivity index (χ4n) is 3.63. The zero-order valence-electron chi connectivity index (χ0n) is 17.2. The summed E-state index contributed by atoms with van der Waals surface area (Å²) in [6, 6.07) is 24.9. The smallest absolute Gasteiger partial charge is 0.0914 e. The average molecular weight is 392 g/mol. The first-order valence-corrected chi connectivity index (χ1v) is 10.8. The number of benzene rings is 3. The molecule has 0 aliphatic rings.